The van der Waals surface area contributed by atoms with Crippen LogP contribution in [-0.2, 0) is 9.53 Å². The SMILES string of the molecule is C=C(/C=C\C(=C/C)C(=O)OC)c1cccnn1. The van der Waals surface area contributed by atoms with Crippen molar-refractivity contribution < 1.29 is 9.53 Å². The number of carbonyl (C=O) groups excluding carboxylic acids is 1. The lowest BCUT2D eigenvalue weighted by atomic mass is 10.1. The largest absolute Gasteiger partial charge is 0.465 e. The van der Waals surface area contributed by atoms with E-state index in [1.165, 1.54) is 7.11 Å². The van der Waals surface area contributed by atoms with E-state index in [4.69, 9.17) is 0 Å². The van der Waals surface area contributed by atoms with Gasteiger partial charge < -0.3 is 4.74 Å². The Morgan fingerprint density at radius 3 is 2.76 bits per heavy atom. The second kappa shape index (κ2) is 6.37. The fourth-order valence-corrected chi connectivity index (χ4v) is 1.15. The standard InChI is InChI=1S/C13H14N2O2/c1-4-11(13(16)17-3)8-7-10(2)12-6-5-9-14-15-12/h4-9H,2H2,1,3H3/b8-7-,11-4+. The minimum Gasteiger partial charge on any atom is -0.465 e. The van der Waals surface area contributed by atoms with Gasteiger partial charge in [-0.05, 0) is 30.7 Å². The quantitative estimate of drug-likeness (QED) is 0.452. The first-order chi connectivity index (χ1) is 8.19. The summed E-state index contributed by atoms with van der Waals surface area (Å²) in [6.07, 6.45) is 6.61. The molecule has 4 nitrogen and oxygen atoms in total. The number of rotatable bonds is 4. The number of esters is 1. The van der Waals surface area contributed by atoms with E-state index >= 15 is 0 Å². The maximum atomic E-state index is 11.3. The van der Waals surface area contributed by atoms with Gasteiger partial charge in [0.05, 0.1) is 18.4 Å². The van der Waals surface area contributed by atoms with Gasteiger partial charge in [0.25, 0.3) is 0 Å². The van der Waals surface area contributed by atoms with Crippen LogP contribution in [0.3, 0.4) is 0 Å². The highest BCUT2D eigenvalue weighted by Crippen LogP contribution is 2.11. The lowest BCUT2D eigenvalue weighted by Gasteiger charge is -2.00. The molecule has 0 saturated heterocycles. The van der Waals surface area contributed by atoms with Crippen molar-refractivity contribution in [2.24, 2.45) is 0 Å². The van der Waals surface area contributed by atoms with Crippen molar-refractivity contribution in [3.8, 4) is 0 Å². The predicted octanol–water partition coefficient (Wildman–Crippen LogP) is 2.17. The number of carbonyl (C=O) groups is 1. The molecule has 0 aliphatic rings. The van der Waals surface area contributed by atoms with Crippen LogP contribution in [0, 0.1) is 0 Å². The average Bonchev–Trinajstić information content (AvgIpc) is 2.39. The first kappa shape index (κ1) is 12.8. The van der Waals surface area contributed by atoms with Crippen molar-refractivity contribution in [3.63, 3.8) is 0 Å². The van der Waals surface area contributed by atoms with Crippen molar-refractivity contribution in [2.45, 2.75) is 6.92 Å². The molecular weight excluding hydrogens is 216 g/mol. The summed E-state index contributed by atoms with van der Waals surface area (Å²) in [5.41, 5.74) is 1.82. The monoisotopic (exact) mass is 230 g/mol. The van der Waals surface area contributed by atoms with Crippen molar-refractivity contribution >= 4 is 11.5 Å². The van der Waals surface area contributed by atoms with Gasteiger partial charge in [-0.25, -0.2) is 4.79 Å². The number of nitrogens with zero attached hydrogens (tertiary/aromatic N) is 2. The Kier molecular flexibility index (Phi) is 4.81. The summed E-state index contributed by atoms with van der Waals surface area (Å²) in [4.78, 5) is 11.3. The van der Waals surface area contributed by atoms with Crippen LogP contribution in [0.5, 0.6) is 0 Å². The molecule has 0 saturated carbocycles. The highest BCUT2D eigenvalue weighted by Gasteiger charge is 2.04. The Labute approximate surface area is 100 Å². The average molecular weight is 230 g/mol. The van der Waals surface area contributed by atoms with Gasteiger partial charge >= 0.3 is 5.97 Å². The first-order valence-corrected chi connectivity index (χ1v) is 5.08. The van der Waals surface area contributed by atoms with Gasteiger partial charge in [-0.2, -0.15) is 10.2 Å². The van der Waals surface area contributed by atoms with Crippen LogP contribution in [0.1, 0.15) is 12.6 Å². The van der Waals surface area contributed by atoms with Crippen LogP contribution in [0.15, 0.2) is 48.7 Å². The molecule has 4 heteroatoms. The van der Waals surface area contributed by atoms with E-state index in [1.54, 1.807) is 43.5 Å². The van der Waals surface area contributed by atoms with Crippen molar-refractivity contribution in [3.05, 3.63) is 54.4 Å². The van der Waals surface area contributed by atoms with Crippen LogP contribution in [-0.4, -0.2) is 23.3 Å². The number of ether oxygens (including phenoxy) is 1. The summed E-state index contributed by atoms with van der Waals surface area (Å²) in [7, 11) is 1.34. The van der Waals surface area contributed by atoms with Gasteiger partial charge in [0.1, 0.15) is 0 Å². The van der Waals surface area contributed by atoms with Crippen molar-refractivity contribution in [2.75, 3.05) is 7.11 Å². The zero-order valence-electron chi connectivity index (χ0n) is 9.88. The number of hydrogen-bond acceptors (Lipinski definition) is 4. The molecular formula is C13H14N2O2. The van der Waals surface area contributed by atoms with Crippen LogP contribution in [0.4, 0.5) is 0 Å². The molecule has 0 aliphatic carbocycles. The molecule has 17 heavy (non-hydrogen) atoms. The summed E-state index contributed by atoms with van der Waals surface area (Å²) in [6.45, 7) is 5.61. The van der Waals surface area contributed by atoms with Gasteiger partial charge in [0, 0.05) is 6.20 Å². The van der Waals surface area contributed by atoms with Gasteiger partial charge in [-0.3, -0.25) is 0 Å². The number of hydrogen-bond donors (Lipinski definition) is 0. The Balaban J connectivity index is 2.78. The van der Waals surface area contributed by atoms with Gasteiger partial charge in [0.15, 0.2) is 0 Å². The molecule has 0 N–H and O–H groups in total. The van der Waals surface area contributed by atoms with Crippen LogP contribution in [0.2, 0.25) is 0 Å². The van der Waals surface area contributed by atoms with Crippen LogP contribution < -0.4 is 0 Å². The van der Waals surface area contributed by atoms with E-state index in [9.17, 15) is 4.79 Å². The molecule has 0 aliphatic heterocycles. The zero-order valence-corrected chi connectivity index (χ0v) is 9.88. The number of methoxy groups -OCH3 is 1. The predicted molar refractivity (Wildman–Crippen MR) is 66.0 cm³/mol. The minimum atomic E-state index is -0.379. The summed E-state index contributed by atoms with van der Waals surface area (Å²) in [5, 5.41) is 7.66. The molecule has 88 valence electrons. The molecule has 1 aromatic rings. The Morgan fingerprint density at radius 1 is 1.47 bits per heavy atom. The summed E-state index contributed by atoms with van der Waals surface area (Å²) < 4.78 is 4.63. The molecule has 1 aromatic heterocycles. The maximum absolute atomic E-state index is 11.3. The second-order valence-corrected chi connectivity index (χ2v) is 3.20. The summed E-state index contributed by atoms with van der Waals surface area (Å²) in [6, 6.07) is 3.57. The normalized spacial score (nSPS) is 11.5. The summed E-state index contributed by atoms with van der Waals surface area (Å²) in [5.74, 6) is -0.379. The molecule has 0 amide bonds. The highest BCUT2D eigenvalue weighted by atomic mass is 16.5. The number of allylic oxidation sites excluding steroid dienone is 3. The summed E-state index contributed by atoms with van der Waals surface area (Å²) >= 11 is 0. The van der Waals surface area contributed by atoms with E-state index in [2.05, 4.69) is 21.5 Å². The third-order valence-corrected chi connectivity index (χ3v) is 2.10. The van der Waals surface area contributed by atoms with Crippen molar-refractivity contribution in [1.29, 1.82) is 0 Å². The first-order valence-electron chi connectivity index (χ1n) is 5.08. The lowest BCUT2D eigenvalue weighted by Crippen LogP contribution is -2.02. The molecule has 1 heterocycles. The molecule has 0 spiro atoms. The minimum absolute atomic E-state index is 0.379. The van der Waals surface area contributed by atoms with E-state index in [-0.39, 0.29) is 5.97 Å². The fourth-order valence-electron chi connectivity index (χ4n) is 1.15. The molecule has 0 radical (unpaired) electrons. The third-order valence-electron chi connectivity index (χ3n) is 2.10. The zero-order chi connectivity index (χ0) is 12.7. The van der Waals surface area contributed by atoms with Crippen LogP contribution >= 0.6 is 0 Å². The van der Waals surface area contributed by atoms with Crippen molar-refractivity contribution in [1.82, 2.24) is 10.2 Å². The fraction of sp³-hybridized carbons (Fsp3) is 0.154. The van der Waals surface area contributed by atoms with Gasteiger partial charge in [-0.15, -0.1) is 0 Å². The molecule has 0 atom stereocenters. The molecule has 0 bridgehead atoms. The second-order valence-electron chi connectivity index (χ2n) is 3.20. The van der Waals surface area contributed by atoms with E-state index in [1.807, 2.05) is 0 Å². The third kappa shape index (κ3) is 3.68. The maximum Gasteiger partial charge on any atom is 0.337 e. The highest BCUT2D eigenvalue weighted by molar-refractivity contribution is 5.92. The van der Waals surface area contributed by atoms with Gasteiger partial charge in [-0.1, -0.05) is 18.7 Å². The Bertz CT molecular complexity index is 462. The Hall–Kier alpha value is -2.23. The van der Waals surface area contributed by atoms with E-state index in [0.717, 1.165) is 0 Å². The Morgan fingerprint density at radius 2 is 2.24 bits per heavy atom. The van der Waals surface area contributed by atoms with Gasteiger partial charge in [0.2, 0.25) is 0 Å². The lowest BCUT2D eigenvalue weighted by molar-refractivity contribution is -0.135. The number of aromatic nitrogens is 2. The smallest absolute Gasteiger partial charge is 0.337 e. The topological polar surface area (TPSA) is 52.1 Å². The molecule has 0 aromatic carbocycles. The molecule has 1 rings (SSSR count). The molecule has 0 fully saturated rings. The molecule has 0 unspecified atom stereocenters. The van der Waals surface area contributed by atoms with E-state index < -0.39 is 0 Å². The van der Waals surface area contributed by atoms with E-state index in [0.29, 0.717) is 16.8 Å². The van der Waals surface area contributed by atoms with Crippen LogP contribution in [0.25, 0.3) is 5.57 Å².